The van der Waals surface area contributed by atoms with Gasteiger partial charge in [0, 0.05) is 13.5 Å². The molecule has 1 aliphatic carbocycles. The highest BCUT2D eigenvalue weighted by Crippen LogP contribution is 2.37. The van der Waals surface area contributed by atoms with Gasteiger partial charge in [0.15, 0.2) is 0 Å². The lowest BCUT2D eigenvalue weighted by Crippen LogP contribution is -2.33. The van der Waals surface area contributed by atoms with Gasteiger partial charge in [0.2, 0.25) is 21.8 Å². The zero-order valence-electron chi connectivity index (χ0n) is 10.4. The molecule has 18 heavy (non-hydrogen) atoms. The van der Waals surface area contributed by atoms with Crippen molar-refractivity contribution in [1.29, 1.82) is 0 Å². The van der Waals surface area contributed by atoms with Crippen molar-refractivity contribution in [2.75, 3.05) is 12.3 Å². The number of rotatable bonds is 4. The van der Waals surface area contributed by atoms with Crippen LogP contribution >= 0.6 is 0 Å². The maximum absolute atomic E-state index is 12.3. The molecule has 2 fully saturated rings. The molecular formula is C11H17N3O3S. The summed E-state index contributed by atoms with van der Waals surface area (Å²) >= 11 is 0. The number of hydrogen-bond acceptors (Lipinski definition) is 5. The van der Waals surface area contributed by atoms with Crippen molar-refractivity contribution in [1.82, 2.24) is 14.5 Å². The topological polar surface area (TPSA) is 76.3 Å². The first-order valence-corrected chi connectivity index (χ1v) is 7.97. The highest BCUT2D eigenvalue weighted by Gasteiger charge is 2.40. The quantitative estimate of drug-likeness (QED) is 0.824. The molecule has 0 amide bonds. The van der Waals surface area contributed by atoms with Gasteiger partial charge in [-0.2, -0.15) is 4.31 Å². The summed E-state index contributed by atoms with van der Waals surface area (Å²) in [5, 5.41) is 7.75. The average Bonchev–Trinajstić information content (AvgIpc) is 2.82. The molecule has 1 aromatic heterocycles. The van der Waals surface area contributed by atoms with Crippen LogP contribution in [0.15, 0.2) is 4.42 Å². The van der Waals surface area contributed by atoms with Gasteiger partial charge in [-0.25, -0.2) is 8.42 Å². The van der Waals surface area contributed by atoms with Crippen molar-refractivity contribution in [3.8, 4) is 0 Å². The molecule has 1 aliphatic heterocycles. The van der Waals surface area contributed by atoms with Crippen LogP contribution in [-0.2, 0) is 10.0 Å². The van der Waals surface area contributed by atoms with Crippen molar-refractivity contribution < 1.29 is 12.8 Å². The van der Waals surface area contributed by atoms with E-state index in [0.29, 0.717) is 24.2 Å². The fraction of sp³-hybridized carbons (Fsp3) is 0.818. The largest absolute Gasteiger partial charge is 0.424 e. The molecule has 100 valence electrons. The molecule has 1 saturated heterocycles. The Morgan fingerprint density at radius 1 is 1.33 bits per heavy atom. The Labute approximate surface area is 106 Å². The maximum atomic E-state index is 12.3. The normalized spacial score (nSPS) is 25.7. The van der Waals surface area contributed by atoms with E-state index in [1.54, 1.807) is 11.2 Å². The number of aryl methyl sites for hydroxylation is 1. The molecule has 0 unspecified atom stereocenters. The van der Waals surface area contributed by atoms with Gasteiger partial charge in [0.05, 0.1) is 5.75 Å². The van der Waals surface area contributed by atoms with Gasteiger partial charge in [-0.1, -0.05) is 0 Å². The predicted molar refractivity (Wildman–Crippen MR) is 64.2 cm³/mol. The molecule has 2 heterocycles. The predicted octanol–water partition coefficient (Wildman–Crippen LogP) is 1.25. The first-order chi connectivity index (χ1) is 8.56. The molecule has 1 atom stereocenters. The van der Waals surface area contributed by atoms with Crippen molar-refractivity contribution in [3.05, 3.63) is 11.8 Å². The van der Waals surface area contributed by atoms with Crippen LogP contribution < -0.4 is 0 Å². The summed E-state index contributed by atoms with van der Waals surface area (Å²) < 4.78 is 31.6. The van der Waals surface area contributed by atoms with Crippen molar-refractivity contribution in [3.63, 3.8) is 0 Å². The lowest BCUT2D eigenvalue weighted by Gasteiger charge is -2.21. The molecule has 0 radical (unpaired) electrons. The van der Waals surface area contributed by atoms with Crippen LogP contribution in [0.2, 0.25) is 0 Å². The van der Waals surface area contributed by atoms with Gasteiger partial charge in [0.1, 0.15) is 6.04 Å². The second-order valence-corrected chi connectivity index (χ2v) is 7.12. The molecule has 0 bridgehead atoms. The minimum absolute atomic E-state index is 0.255. The van der Waals surface area contributed by atoms with E-state index >= 15 is 0 Å². The molecule has 1 saturated carbocycles. The summed E-state index contributed by atoms with van der Waals surface area (Å²) in [7, 11) is -3.18. The first kappa shape index (κ1) is 12.1. The lowest BCUT2D eigenvalue weighted by molar-refractivity contribution is 0.323. The van der Waals surface area contributed by atoms with E-state index in [0.717, 1.165) is 25.7 Å². The van der Waals surface area contributed by atoms with Crippen molar-refractivity contribution in [2.45, 2.75) is 38.6 Å². The van der Waals surface area contributed by atoms with Gasteiger partial charge in [-0.15, -0.1) is 10.2 Å². The zero-order valence-corrected chi connectivity index (χ0v) is 11.2. The van der Waals surface area contributed by atoms with E-state index in [1.807, 2.05) is 0 Å². The third-order valence-electron chi connectivity index (χ3n) is 3.53. The van der Waals surface area contributed by atoms with Crippen LogP contribution in [0.1, 0.15) is 43.5 Å². The summed E-state index contributed by atoms with van der Waals surface area (Å²) in [6.45, 7) is 2.29. The van der Waals surface area contributed by atoms with Gasteiger partial charge in [-0.05, 0) is 31.6 Å². The minimum atomic E-state index is -3.18. The Bertz CT molecular complexity index is 535. The number of aromatic nitrogens is 2. The molecule has 1 aromatic rings. The van der Waals surface area contributed by atoms with E-state index in [-0.39, 0.29) is 11.8 Å². The van der Waals surface area contributed by atoms with Gasteiger partial charge in [-0.3, -0.25) is 0 Å². The highest BCUT2D eigenvalue weighted by molar-refractivity contribution is 7.89. The summed E-state index contributed by atoms with van der Waals surface area (Å²) in [4.78, 5) is 0. The SMILES string of the molecule is Cc1nnc([C@@H]2CCCN2S(=O)(=O)CC2CC2)o1. The summed E-state index contributed by atoms with van der Waals surface area (Å²) in [5.74, 6) is 1.55. The molecule has 6 nitrogen and oxygen atoms in total. The second-order valence-electron chi connectivity index (χ2n) is 5.15. The zero-order chi connectivity index (χ0) is 12.8. The molecule has 0 aromatic carbocycles. The van der Waals surface area contributed by atoms with E-state index in [4.69, 9.17) is 4.42 Å². The fourth-order valence-electron chi connectivity index (χ4n) is 2.44. The Morgan fingerprint density at radius 2 is 2.11 bits per heavy atom. The maximum Gasteiger partial charge on any atom is 0.234 e. The summed E-state index contributed by atoms with van der Waals surface area (Å²) in [6, 6.07) is -0.255. The van der Waals surface area contributed by atoms with Crippen LogP contribution in [0.4, 0.5) is 0 Å². The van der Waals surface area contributed by atoms with Gasteiger partial charge >= 0.3 is 0 Å². The van der Waals surface area contributed by atoms with Crippen molar-refractivity contribution >= 4 is 10.0 Å². The third kappa shape index (κ3) is 2.29. The van der Waals surface area contributed by atoms with Crippen LogP contribution in [0, 0.1) is 12.8 Å². The molecule has 3 rings (SSSR count). The number of nitrogens with zero attached hydrogens (tertiary/aromatic N) is 3. The Kier molecular flexibility index (Phi) is 2.90. The van der Waals surface area contributed by atoms with Gasteiger partial charge in [0.25, 0.3) is 0 Å². The van der Waals surface area contributed by atoms with Gasteiger partial charge < -0.3 is 4.42 Å². The average molecular weight is 271 g/mol. The van der Waals surface area contributed by atoms with E-state index in [2.05, 4.69) is 10.2 Å². The minimum Gasteiger partial charge on any atom is -0.424 e. The van der Waals surface area contributed by atoms with Crippen molar-refractivity contribution in [2.24, 2.45) is 5.92 Å². The van der Waals surface area contributed by atoms with Crippen LogP contribution in [0.3, 0.4) is 0 Å². The molecule has 7 heteroatoms. The van der Waals surface area contributed by atoms with Crippen LogP contribution in [0.25, 0.3) is 0 Å². The van der Waals surface area contributed by atoms with Crippen LogP contribution in [-0.4, -0.2) is 35.2 Å². The van der Waals surface area contributed by atoms with E-state index in [1.165, 1.54) is 0 Å². The standard InChI is InChI=1S/C11H17N3O3S/c1-8-12-13-11(17-8)10-3-2-6-14(10)18(15,16)7-9-4-5-9/h9-10H,2-7H2,1H3/t10-/m0/s1. The molecule has 0 N–H and O–H groups in total. The summed E-state index contributed by atoms with van der Waals surface area (Å²) in [5.41, 5.74) is 0. The van der Waals surface area contributed by atoms with Crippen LogP contribution in [0.5, 0.6) is 0 Å². The number of hydrogen-bond donors (Lipinski definition) is 0. The Hall–Kier alpha value is -0.950. The van der Waals surface area contributed by atoms with E-state index < -0.39 is 10.0 Å². The third-order valence-corrected chi connectivity index (χ3v) is 5.58. The molecular weight excluding hydrogens is 254 g/mol. The molecule has 2 aliphatic rings. The van der Waals surface area contributed by atoms with E-state index in [9.17, 15) is 8.42 Å². The Morgan fingerprint density at radius 3 is 2.72 bits per heavy atom. The Balaban J connectivity index is 1.82. The fourth-order valence-corrected chi connectivity index (χ4v) is 4.56. The summed E-state index contributed by atoms with van der Waals surface area (Å²) in [6.07, 6.45) is 3.70. The second kappa shape index (κ2) is 4.31. The first-order valence-electron chi connectivity index (χ1n) is 6.36. The lowest BCUT2D eigenvalue weighted by atomic mass is 10.2. The number of sulfonamides is 1. The highest BCUT2D eigenvalue weighted by atomic mass is 32.2. The smallest absolute Gasteiger partial charge is 0.234 e. The monoisotopic (exact) mass is 271 g/mol. The molecule has 0 spiro atoms.